The number of hydrogen-bond donors (Lipinski definition) is 1. The Labute approximate surface area is 262 Å². The number of ether oxygens (including phenoxy) is 1. The number of halogens is 4. The van der Waals surface area contributed by atoms with Gasteiger partial charge in [-0.15, -0.1) is 0 Å². The van der Waals surface area contributed by atoms with Crippen LogP contribution in [0.15, 0.2) is 36.4 Å². The highest BCUT2D eigenvalue weighted by Crippen LogP contribution is 2.46. The van der Waals surface area contributed by atoms with E-state index in [1.165, 1.54) is 24.3 Å². The molecule has 6 nitrogen and oxygen atoms in total. The summed E-state index contributed by atoms with van der Waals surface area (Å²) in [5.41, 5.74) is -0.448. The Kier molecular flexibility index (Phi) is 7.05. The van der Waals surface area contributed by atoms with Gasteiger partial charge in [-0.25, -0.2) is 17.6 Å². The van der Waals surface area contributed by atoms with Crippen molar-refractivity contribution < 1.29 is 27.4 Å². The van der Waals surface area contributed by atoms with Crippen molar-refractivity contribution in [3.63, 3.8) is 0 Å². The summed E-state index contributed by atoms with van der Waals surface area (Å²) in [5.74, 6) is -1.59. The molecule has 3 aliphatic heterocycles. The summed E-state index contributed by atoms with van der Waals surface area (Å²) in [7, 11) is 0. The molecule has 4 aliphatic rings. The van der Waals surface area contributed by atoms with Crippen LogP contribution in [0.1, 0.15) is 32.1 Å². The number of piperidine rings is 1. The molecule has 1 saturated carbocycles. The number of nitrogens with zero attached hydrogens (tertiary/aromatic N) is 4. The largest absolute Gasteiger partial charge is 0.508 e. The Morgan fingerprint density at radius 2 is 1.80 bits per heavy atom. The molecule has 0 spiro atoms. The van der Waals surface area contributed by atoms with Gasteiger partial charge in [0.15, 0.2) is 17.5 Å². The number of benzene rings is 3. The highest BCUT2D eigenvalue weighted by Gasteiger charge is 2.49. The van der Waals surface area contributed by atoms with Crippen molar-refractivity contribution >= 4 is 39.3 Å². The zero-order valence-corrected chi connectivity index (χ0v) is 25.7. The summed E-state index contributed by atoms with van der Waals surface area (Å²) < 4.78 is 67.0. The Morgan fingerprint density at radius 3 is 2.58 bits per heavy atom. The second-order valence-corrected chi connectivity index (χ2v) is 14.2. The van der Waals surface area contributed by atoms with Gasteiger partial charge in [0, 0.05) is 47.6 Å². The Bertz CT molecular complexity index is 1810. The first-order valence-corrected chi connectivity index (χ1v) is 16.9. The molecule has 45 heavy (non-hydrogen) atoms. The third-order valence-corrected chi connectivity index (χ3v) is 11.9. The summed E-state index contributed by atoms with van der Waals surface area (Å²) in [6.45, 7) is 2.95. The first-order valence-electron chi connectivity index (χ1n) is 15.7. The van der Waals surface area contributed by atoms with E-state index in [1.54, 1.807) is 6.07 Å². The molecular formula is C34H34F4N4O2S. The summed E-state index contributed by atoms with van der Waals surface area (Å²) >= 11 is 1.91. The van der Waals surface area contributed by atoms with Crippen molar-refractivity contribution in [1.29, 1.82) is 0 Å². The smallest absolute Gasteiger partial charge is 0.319 e. The lowest BCUT2D eigenvalue weighted by Crippen LogP contribution is -2.44. The number of rotatable bonds is 6. The number of hydrogen-bond acceptors (Lipinski definition) is 7. The van der Waals surface area contributed by atoms with Gasteiger partial charge >= 0.3 is 6.01 Å². The first kappa shape index (κ1) is 29.1. The lowest BCUT2D eigenvalue weighted by Gasteiger charge is -2.38. The number of alkyl halides is 1. The summed E-state index contributed by atoms with van der Waals surface area (Å²) in [5, 5.41) is 11.6. The standard InChI is InChI=1S/C34H34F4N4O2S/c1-45-31-19-3-4-20(31)15-41(14-19)32-24-7-6-23(25-12-22(43)11-18-5-8-26(36)29(38)27(18)25)28(37)30(24)39-33(40-32)44-17-34-9-2-10-42(34)16-21(35)13-34/h5-8,11-12,19-21,31,43H,2-4,9-10,13-17H2,1H3/t19?,20?,21-,31?,34+/m1/s1. The van der Waals surface area contributed by atoms with Crippen molar-refractivity contribution in [3.8, 4) is 22.9 Å². The van der Waals surface area contributed by atoms with Crippen LogP contribution in [0.3, 0.4) is 0 Å². The lowest BCUT2D eigenvalue weighted by atomic mass is 9.95. The molecule has 1 aromatic heterocycles. The molecule has 4 heterocycles. The van der Waals surface area contributed by atoms with Crippen molar-refractivity contribution in [3.05, 3.63) is 53.8 Å². The Hall–Kier alpha value is -3.31. The van der Waals surface area contributed by atoms with E-state index in [0.29, 0.717) is 41.3 Å². The van der Waals surface area contributed by atoms with Crippen molar-refractivity contribution in [2.45, 2.75) is 49.1 Å². The zero-order valence-electron chi connectivity index (χ0n) is 24.9. The van der Waals surface area contributed by atoms with Crippen LogP contribution in [-0.4, -0.2) is 76.0 Å². The molecule has 2 unspecified atom stereocenters. The normalized spacial score (nSPS) is 28.0. The fraction of sp³-hybridized carbons (Fsp3) is 0.471. The molecule has 0 radical (unpaired) electrons. The minimum Gasteiger partial charge on any atom is -0.508 e. The van der Waals surface area contributed by atoms with E-state index in [-0.39, 0.29) is 45.8 Å². The average molecular weight is 639 g/mol. The van der Waals surface area contributed by atoms with Crippen LogP contribution in [-0.2, 0) is 0 Å². The molecule has 8 rings (SSSR count). The minimum absolute atomic E-state index is 0.00397. The number of aromatic nitrogens is 2. The molecule has 11 heteroatoms. The van der Waals surface area contributed by atoms with E-state index < -0.39 is 29.2 Å². The first-order chi connectivity index (χ1) is 21.7. The second kappa shape index (κ2) is 10.9. The lowest BCUT2D eigenvalue weighted by molar-refractivity contribution is 0.107. The Balaban J connectivity index is 1.26. The van der Waals surface area contributed by atoms with E-state index in [1.807, 2.05) is 11.8 Å². The van der Waals surface area contributed by atoms with E-state index in [2.05, 4.69) is 21.0 Å². The maximum atomic E-state index is 16.7. The average Bonchev–Trinajstić information content (AvgIpc) is 3.63. The van der Waals surface area contributed by atoms with Crippen molar-refractivity contribution in [2.24, 2.45) is 11.8 Å². The van der Waals surface area contributed by atoms with Crippen LogP contribution in [0.5, 0.6) is 11.8 Å². The number of aromatic hydroxyl groups is 1. The molecule has 2 bridgehead atoms. The molecule has 1 aliphatic carbocycles. The van der Waals surface area contributed by atoms with Gasteiger partial charge < -0.3 is 14.7 Å². The summed E-state index contributed by atoms with van der Waals surface area (Å²) in [4.78, 5) is 13.8. The van der Waals surface area contributed by atoms with Crippen LogP contribution in [0.25, 0.3) is 32.8 Å². The molecule has 3 saturated heterocycles. The van der Waals surface area contributed by atoms with Crippen LogP contribution in [0.4, 0.5) is 23.4 Å². The SMILES string of the molecule is CSC1C2CCC1CN(c1nc(OC[C@@]34CCCN3C[C@H](F)C4)nc3c(F)c(-c4cc(O)cc5ccc(F)c(F)c45)ccc13)C2. The minimum atomic E-state index is -1.12. The molecule has 4 atom stereocenters. The van der Waals surface area contributed by atoms with Gasteiger partial charge in [0.2, 0.25) is 0 Å². The quantitative estimate of drug-likeness (QED) is 0.226. The molecule has 4 aromatic rings. The molecule has 3 aromatic carbocycles. The summed E-state index contributed by atoms with van der Waals surface area (Å²) in [6, 6.07) is 8.12. The fourth-order valence-electron chi connectivity index (χ4n) is 8.61. The van der Waals surface area contributed by atoms with Crippen LogP contribution in [0, 0.1) is 29.3 Å². The second-order valence-electron chi connectivity index (χ2n) is 13.2. The number of fused-ring (bicyclic) bond motifs is 5. The highest BCUT2D eigenvalue weighted by molar-refractivity contribution is 7.99. The van der Waals surface area contributed by atoms with Crippen molar-refractivity contribution in [2.75, 3.05) is 43.9 Å². The van der Waals surface area contributed by atoms with E-state index in [9.17, 15) is 13.9 Å². The van der Waals surface area contributed by atoms with Crippen LogP contribution >= 0.6 is 11.8 Å². The number of phenolic OH excluding ortho intramolecular Hbond substituents is 1. The van der Waals surface area contributed by atoms with Gasteiger partial charge in [-0.3, -0.25) is 4.90 Å². The van der Waals surface area contributed by atoms with E-state index >= 15 is 8.78 Å². The fourth-order valence-corrected chi connectivity index (χ4v) is 9.82. The third kappa shape index (κ3) is 4.71. The maximum Gasteiger partial charge on any atom is 0.319 e. The highest BCUT2D eigenvalue weighted by atomic mass is 32.2. The Morgan fingerprint density at radius 1 is 1.00 bits per heavy atom. The van der Waals surface area contributed by atoms with Gasteiger partial charge in [0.05, 0.1) is 5.54 Å². The number of thioether (sulfide) groups is 1. The molecular weight excluding hydrogens is 604 g/mol. The van der Waals surface area contributed by atoms with Gasteiger partial charge in [0.1, 0.15) is 29.9 Å². The monoisotopic (exact) mass is 638 g/mol. The molecule has 1 N–H and O–H groups in total. The predicted molar refractivity (Wildman–Crippen MR) is 168 cm³/mol. The van der Waals surface area contributed by atoms with Gasteiger partial charge in [-0.1, -0.05) is 12.1 Å². The maximum absolute atomic E-state index is 16.7. The van der Waals surface area contributed by atoms with E-state index in [4.69, 9.17) is 9.72 Å². The number of anilines is 1. The molecule has 4 fully saturated rings. The van der Waals surface area contributed by atoms with E-state index in [0.717, 1.165) is 51.4 Å². The van der Waals surface area contributed by atoms with Gasteiger partial charge in [0.25, 0.3) is 0 Å². The van der Waals surface area contributed by atoms with Gasteiger partial charge in [-0.2, -0.15) is 21.7 Å². The number of phenols is 1. The predicted octanol–water partition coefficient (Wildman–Crippen LogP) is 7.11. The molecule has 236 valence electrons. The topological polar surface area (TPSA) is 61.7 Å². The summed E-state index contributed by atoms with van der Waals surface area (Å²) in [6.07, 6.45) is 5.65. The molecule has 0 amide bonds. The van der Waals surface area contributed by atoms with Gasteiger partial charge in [-0.05, 0) is 85.5 Å². The van der Waals surface area contributed by atoms with Crippen molar-refractivity contribution in [1.82, 2.24) is 14.9 Å². The van der Waals surface area contributed by atoms with Crippen LogP contribution < -0.4 is 9.64 Å². The third-order valence-electron chi connectivity index (χ3n) is 10.6. The van der Waals surface area contributed by atoms with Crippen LogP contribution in [0.2, 0.25) is 0 Å². The zero-order chi connectivity index (χ0) is 31.0.